The average Bonchev–Trinajstić information content (AvgIpc) is 3.08. The van der Waals surface area contributed by atoms with E-state index in [1.54, 1.807) is 10.9 Å². The van der Waals surface area contributed by atoms with E-state index in [1.807, 2.05) is 22.8 Å². The second-order valence-corrected chi connectivity index (χ2v) is 6.54. The summed E-state index contributed by atoms with van der Waals surface area (Å²) in [6.45, 7) is 7.02. The predicted molar refractivity (Wildman–Crippen MR) is 103 cm³/mol. The van der Waals surface area contributed by atoms with E-state index in [2.05, 4.69) is 34.4 Å². The highest BCUT2D eigenvalue weighted by Gasteiger charge is 2.20. The number of benzene rings is 1. The predicted octanol–water partition coefficient (Wildman–Crippen LogP) is 1.27. The van der Waals surface area contributed by atoms with E-state index in [0.29, 0.717) is 24.1 Å². The molecule has 7 nitrogen and oxygen atoms in total. The minimum absolute atomic E-state index is 0.0610. The van der Waals surface area contributed by atoms with Crippen LogP contribution in [0.2, 0.25) is 0 Å². The van der Waals surface area contributed by atoms with Crippen LogP contribution >= 0.6 is 0 Å². The van der Waals surface area contributed by atoms with Gasteiger partial charge in [0, 0.05) is 39.3 Å². The molecule has 3 heterocycles. The smallest absolute Gasteiger partial charge is 0.292 e. The molecule has 1 aliphatic rings. The molecule has 0 saturated carbocycles. The largest absolute Gasteiger partial charge is 0.340 e. The number of hydrogen-bond acceptors (Lipinski definition) is 5. The van der Waals surface area contributed by atoms with Crippen LogP contribution < -0.4 is 15.8 Å². The molecule has 1 aromatic carbocycles. The Labute approximate surface area is 152 Å². The molecule has 0 unspecified atom stereocenters. The summed E-state index contributed by atoms with van der Waals surface area (Å²) in [6, 6.07) is 10.2. The minimum atomic E-state index is -0.0610. The van der Waals surface area contributed by atoms with Gasteiger partial charge in [-0.25, -0.2) is 9.67 Å². The van der Waals surface area contributed by atoms with Gasteiger partial charge >= 0.3 is 0 Å². The maximum absolute atomic E-state index is 13.0. The zero-order valence-corrected chi connectivity index (χ0v) is 15.1. The van der Waals surface area contributed by atoms with Crippen molar-refractivity contribution < 1.29 is 0 Å². The fourth-order valence-corrected chi connectivity index (χ4v) is 3.52. The maximum atomic E-state index is 13.0. The highest BCUT2D eigenvalue weighted by atomic mass is 16.1. The van der Waals surface area contributed by atoms with Gasteiger partial charge in [0.15, 0.2) is 0 Å². The van der Waals surface area contributed by atoms with Crippen molar-refractivity contribution in [2.75, 3.05) is 31.1 Å². The summed E-state index contributed by atoms with van der Waals surface area (Å²) in [5.74, 6) is 0.878. The van der Waals surface area contributed by atoms with Crippen LogP contribution in [0, 0.1) is 0 Å². The molecule has 0 spiro atoms. The van der Waals surface area contributed by atoms with Crippen LogP contribution in [-0.2, 0) is 19.5 Å². The van der Waals surface area contributed by atoms with Gasteiger partial charge in [-0.1, -0.05) is 30.3 Å². The lowest BCUT2D eigenvalue weighted by Gasteiger charge is -2.28. The summed E-state index contributed by atoms with van der Waals surface area (Å²) in [5, 5.41) is 7.70. The lowest BCUT2D eigenvalue weighted by Crippen LogP contribution is -2.44. The number of fused-ring (bicyclic) bond motifs is 1. The number of hydrogen-bond donors (Lipinski definition) is 1. The van der Waals surface area contributed by atoms with Crippen LogP contribution in [0.1, 0.15) is 12.5 Å². The van der Waals surface area contributed by atoms with Crippen molar-refractivity contribution in [1.82, 2.24) is 24.6 Å². The Kier molecular flexibility index (Phi) is 4.71. The van der Waals surface area contributed by atoms with Gasteiger partial charge < -0.3 is 14.8 Å². The fourth-order valence-electron chi connectivity index (χ4n) is 3.52. The summed E-state index contributed by atoms with van der Waals surface area (Å²) in [6.07, 6.45) is 2.50. The summed E-state index contributed by atoms with van der Waals surface area (Å²) in [5.41, 5.74) is 2.48. The van der Waals surface area contributed by atoms with Crippen molar-refractivity contribution in [2.45, 2.75) is 26.4 Å². The molecular formula is C19H24N6O. The van der Waals surface area contributed by atoms with E-state index in [9.17, 15) is 4.79 Å². The molecule has 2 aromatic heterocycles. The molecule has 1 saturated heterocycles. The van der Waals surface area contributed by atoms with E-state index >= 15 is 0 Å². The molecule has 4 rings (SSSR count). The van der Waals surface area contributed by atoms with Crippen LogP contribution in [0.4, 0.5) is 5.95 Å². The molecule has 7 heteroatoms. The fraction of sp³-hybridized carbons (Fsp3) is 0.421. The van der Waals surface area contributed by atoms with Gasteiger partial charge in [0.2, 0.25) is 5.95 Å². The van der Waals surface area contributed by atoms with Gasteiger partial charge in [-0.05, 0) is 18.9 Å². The Morgan fingerprint density at radius 3 is 2.65 bits per heavy atom. The third-order valence-corrected chi connectivity index (χ3v) is 4.90. The van der Waals surface area contributed by atoms with Gasteiger partial charge in [0.05, 0.1) is 6.20 Å². The topological polar surface area (TPSA) is 68.0 Å². The highest BCUT2D eigenvalue weighted by molar-refractivity contribution is 5.77. The second kappa shape index (κ2) is 7.29. The Balaban J connectivity index is 1.68. The lowest BCUT2D eigenvalue weighted by atomic mass is 10.1. The summed E-state index contributed by atoms with van der Waals surface area (Å²) < 4.78 is 3.59. The standard InChI is InChI=1S/C19H24N6O/c1-2-24-17-16(22-19(24)23-12-9-20-10-13-23)14-21-25(18(17)26)11-8-15-6-4-3-5-7-15/h3-7,14,20H,2,8-13H2,1H3. The van der Waals surface area contributed by atoms with Crippen LogP contribution in [-0.4, -0.2) is 45.5 Å². The zero-order chi connectivity index (χ0) is 17.9. The van der Waals surface area contributed by atoms with Gasteiger partial charge in [-0.3, -0.25) is 4.79 Å². The first-order valence-corrected chi connectivity index (χ1v) is 9.24. The first-order valence-electron chi connectivity index (χ1n) is 9.24. The minimum Gasteiger partial charge on any atom is -0.340 e. The van der Waals surface area contributed by atoms with E-state index in [4.69, 9.17) is 4.98 Å². The summed E-state index contributed by atoms with van der Waals surface area (Å²) in [4.78, 5) is 20.0. The first kappa shape index (κ1) is 16.8. The van der Waals surface area contributed by atoms with E-state index < -0.39 is 0 Å². The molecule has 0 aliphatic carbocycles. The van der Waals surface area contributed by atoms with Crippen LogP contribution in [0.3, 0.4) is 0 Å². The van der Waals surface area contributed by atoms with Crippen LogP contribution in [0.25, 0.3) is 11.0 Å². The summed E-state index contributed by atoms with van der Waals surface area (Å²) >= 11 is 0. The molecule has 136 valence electrons. The monoisotopic (exact) mass is 352 g/mol. The SMILES string of the molecule is CCn1c(N2CCNCC2)nc2cnn(CCc3ccccc3)c(=O)c21. The van der Waals surface area contributed by atoms with E-state index in [1.165, 1.54) is 5.56 Å². The Bertz CT molecular complexity index is 940. The molecule has 1 fully saturated rings. The van der Waals surface area contributed by atoms with Gasteiger partial charge in [-0.15, -0.1) is 0 Å². The molecule has 3 aromatic rings. The van der Waals surface area contributed by atoms with Gasteiger partial charge in [-0.2, -0.15) is 5.10 Å². The quantitative estimate of drug-likeness (QED) is 0.749. The maximum Gasteiger partial charge on any atom is 0.292 e. The van der Waals surface area contributed by atoms with Crippen molar-refractivity contribution in [1.29, 1.82) is 0 Å². The summed E-state index contributed by atoms with van der Waals surface area (Å²) in [7, 11) is 0. The van der Waals surface area contributed by atoms with Crippen molar-refractivity contribution in [3.8, 4) is 0 Å². The van der Waals surface area contributed by atoms with Gasteiger partial charge in [0.25, 0.3) is 5.56 Å². The molecule has 0 radical (unpaired) electrons. The number of nitrogens with zero attached hydrogens (tertiary/aromatic N) is 5. The number of aryl methyl sites for hydroxylation is 3. The second-order valence-electron chi connectivity index (χ2n) is 6.54. The molecular weight excluding hydrogens is 328 g/mol. The number of anilines is 1. The zero-order valence-electron chi connectivity index (χ0n) is 15.1. The normalized spacial score (nSPS) is 14.9. The number of rotatable bonds is 5. The van der Waals surface area contributed by atoms with Crippen molar-refractivity contribution in [3.05, 3.63) is 52.4 Å². The third kappa shape index (κ3) is 3.10. The molecule has 1 aliphatic heterocycles. The van der Waals surface area contributed by atoms with Crippen molar-refractivity contribution in [2.24, 2.45) is 0 Å². The van der Waals surface area contributed by atoms with Crippen LogP contribution in [0.5, 0.6) is 0 Å². The van der Waals surface area contributed by atoms with E-state index in [0.717, 1.165) is 38.5 Å². The third-order valence-electron chi connectivity index (χ3n) is 4.90. The molecule has 0 bridgehead atoms. The van der Waals surface area contributed by atoms with Crippen molar-refractivity contribution in [3.63, 3.8) is 0 Å². The molecule has 0 atom stereocenters. The average molecular weight is 352 g/mol. The van der Waals surface area contributed by atoms with Crippen LogP contribution in [0.15, 0.2) is 41.3 Å². The number of aromatic nitrogens is 4. The Hall–Kier alpha value is -2.67. The Morgan fingerprint density at radius 2 is 1.92 bits per heavy atom. The highest BCUT2D eigenvalue weighted by Crippen LogP contribution is 2.20. The van der Waals surface area contributed by atoms with E-state index in [-0.39, 0.29) is 5.56 Å². The first-order chi connectivity index (χ1) is 12.8. The molecule has 1 N–H and O–H groups in total. The number of imidazole rings is 1. The lowest BCUT2D eigenvalue weighted by molar-refractivity contribution is 0.567. The van der Waals surface area contributed by atoms with Gasteiger partial charge in [0.1, 0.15) is 11.0 Å². The Morgan fingerprint density at radius 1 is 1.15 bits per heavy atom. The molecule has 26 heavy (non-hydrogen) atoms. The number of nitrogens with one attached hydrogen (secondary N) is 1. The number of piperazine rings is 1. The molecule has 0 amide bonds. The van der Waals surface area contributed by atoms with Crippen molar-refractivity contribution >= 4 is 17.0 Å².